The molecule has 6 nitrogen and oxygen atoms in total. The van der Waals surface area contributed by atoms with E-state index in [2.05, 4.69) is 20.4 Å². The second-order valence-electron chi connectivity index (χ2n) is 7.60. The first-order valence-corrected chi connectivity index (χ1v) is 10.1. The molecule has 1 aliphatic carbocycles. The largest absolute Gasteiger partial charge is 0.322 e. The standard InChI is InChI=1S/C23H19F3N6/c24-16-6-4-13(10-19(16)27)15-8-9-28-12-21(15)30-23-29-11-14-5-7-20(31-32(14)23)22-17(25)2-1-3-18(22)26/h1-3,5,7-12,16,19H,4,6,27H2,(H,29,30). The Morgan fingerprint density at radius 3 is 2.66 bits per heavy atom. The zero-order valence-electron chi connectivity index (χ0n) is 16.8. The molecule has 9 heteroatoms. The molecule has 2 unspecified atom stereocenters. The summed E-state index contributed by atoms with van der Waals surface area (Å²) in [6, 6.07) is 8.06. The summed E-state index contributed by atoms with van der Waals surface area (Å²) >= 11 is 0. The first-order valence-electron chi connectivity index (χ1n) is 10.1. The van der Waals surface area contributed by atoms with Gasteiger partial charge in [0.15, 0.2) is 0 Å². The van der Waals surface area contributed by atoms with Gasteiger partial charge >= 0.3 is 0 Å². The zero-order valence-corrected chi connectivity index (χ0v) is 16.8. The van der Waals surface area contributed by atoms with Crippen LogP contribution in [0.15, 0.2) is 61.1 Å². The van der Waals surface area contributed by atoms with E-state index in [0.717, 1.165) is 11.1 Å². The SMILES string of the molecule is NC1C=C(c2ccncc2Nc2ncc3ccc(-c4c(F)cccc4F)nn23)CCC1F. The summed E-state index contributed by atoms with van der Waals surface area (Å²) in [5, 5.41) is 7.59. The van der Waals surface area contributed by atoms with Crippen LogP contribution in [-0.2, 0) is 0 Å². The summed E-state index contributed by atoms with van der Waals surface area (Å²) in [5.41, 5.74) is 8.83. The van der Waals surface area contributed by atoms with Crippen molar-refractivity contribution in [1.29, 1.82) is 0 Å². The molecule has 2 atom stereocenters. The Morgan fingerprint density at radius 1 is 1.06 bits per heavy atom. The molecule has 0 bridgehead atoms. The van der Waals surface area contributed by atoms with Crippen molar-refractivity contribution in [1.82, 2.24) is 19.6 Å². The Balaban J connectivity index is 1.54. The number of hydrogen-bond acceptors (Lipinski definition) is 5. The van der Waals surface area contributed by atoms with Crippen molar-refractivity contribution in [2.75, 3.05) is 5.32 Å². The fourth-order valence-corrected chi connectivity index (χ4v) is 3.87. The molecular formula is C23H19F3N6. The monoisotopic (exact) mass is 436 g/mol. The molecule has 0 saturated heterocycles. The average molecular weight is 436 g/mol. The third-order valence-electron chi connectivity index (χ3n) is 5.52. The second kappa shape index (κ2) is 8.08. The number of allylic oxidation sites excluding steroid dienone is 1. The molecular weight excluding hydrogens is 417 g/mol. The summed E-state index contributed by atoms with van der Waals surface area (Å²) in [7, 11) is 0. The molecule has 32 heavy (non-hydrogen) atoms. The molecule has 3 heterocycles. The van der Waals surface area contributed by atoms with Crippen molar-refractivity contribution in [3.05, 3.63) is 78.3 Å². The number of hydrogen-bond donors (Lipinski definition) is 2. The number of pyridine rings is 1. The Hall–Kier alpha value is -3.72. The topological polar surface area (TPSA) is 81.1 Å². The van der Waals surface area contributed by atoms with E-state index in [1.807, 2.05) is 6.07 Å². The highest BCUT2D eigenvalue weighted by atomic mass is 19.1. The number of alkyl halides is 1. The van der Waals surface area contributed by atoms with Gasteiger partial charge in [0.25, 0.3) is 0 Å². The zero-order chi connectivity index (χ0) is 22.2. The van der Waals surface area contributed by atoms with Crippen LogP contribution in [0.1, 0.15) is 18.4 Å². The third kappa shape index (κ3) is 3.60. The lowest BCUT2D eigenvalue weighted by atomic mass is 9.90. The van der Waals surface area contributed by atoms with E-state index in [9.17, 15) is 13.2 Å². The second-order valence-corrected chi connectivity index (χ2v) is 7.60. The smallest absolute Gasteiger partial charge is 0.229 e. The van der Waals surface area contributed by atoms with Crippen molar-refractivity contribution in [2.45, 2.75) is 25.1 Å². The highest BCUT2D eigenvalue weighted by Crippen LogP contribution is 2.33. The van der Waals surface area contributed by atoms with Gasteiger partial charge in [-0.2, -0.15) is 9.61 Å². The van der Waals surface area contributed by atoms with Crippen molar-refractivity contribution < 1.29 is 13.2 Å². The first kappa shape index (κ1) is 20.2. The van der Waals surface area contributed by atoms with Gasteiger partial charge in [0, 0.05) is 11.8 Å². The number of nitrogens with zero attached hydrogens (tertiary/aromatic N) is 4. The van der Waals surface area contributed by atoms with E-state index in [1.54, 1.807) is 36.8 Å². The van der Waals surface area contributed by atoms with E-state index in [0.29, 0.717) is 30.0 Å². The summed E-state index contributed by atoms with van der Waals surface area (Å²) < 4.78 is 43.8. The van der Waals surface area contributed by atoms with Gasteiger partial charge in [0.2, 0.25) is 5.95 Å². The van der Waals surface area contributed by atoms with Crippen LogP contribution in [0.5, 0.6) is 0 Å². The number of fused-ring (bicyclic) bond motifs is 1. The average Bonchev–Trinajstić information content (AvgIpc) is 3.18. The van der Waals surface area contributed by atoms with Gasteiger partial charge in [0.05, 0.1) is 40.9 Å². The maximum Gasteiger partial charge on any atom is 0.229 e. The van der Waals surface area contributed by atoms with Crippen LogP contribution in [0.2, 0.25) is 0 Å². The molecule has 162 valence electrons. The van der Waals surface area contributed by atoms with Gasteiger partial charge in [-0.15, -0.1) is 0 Å². The Kier molecular flexibility index (Phi) is 5.10. The van der Waals surface area contributed by atoms with Crippen LogP contribution in [0.4, 0.5) is 24.8 Å². The van der Waals surface area contributed by atoms with Crippen molar-refractivity contribution in [3.8, 4) is 11.3 Å². The summed E-state index contributed by atoms with van der Waals surface area (Å²) in [6.07, 6.45) is 6.44. The van der Waals surface area contributed by atoms with Gasteiger partial charge in [-0.05, 0) is 48.7 Å². The summed E-state index contributed by atoms with van der Waals surface area (Å²) in [6.45, 7) is 0. The molecule has 0 fully saturated rings. The lowest BCUT2D eigenvalue weighted by Crippen LogP contribution is -2.32. The van der Waals surface area contributed by atoms with Crippen LogP contribution < -0.4 is 11.1 Å². The third-order valence-corrected chi connectivity index (χ3v) is 5.52. The minimum atomic E-state index is -1.06. The van der Waals surface area contributed by atoms with Crippen LogP contribution in [0.3, 0.4) is 0 Å². The number of rotatable bonds is 4. The Morgan fingerprint density at radius 2 is 1.88 bits per heavy atom. The molecule has 1 aliphatic rings. The fraction of sp³-hybridized carbons (Fsp3) is 0.174. The molecule has 1 aromatic carbocycles. The maximum atomic E-state index is 14.3. The minimum Gasteiger partial charge on any atom is -0.322 e. The lowest BCUT2D eigenvalue weighted by Gasteiger charge is -2.23. The highest BCUT2D eigenvalue weighted by Gasteiger charge is 2.23. The van der Waals surface area contributed by atoms with Gasteiger partial charge in [-0.1, -0.05) is 12.1 Å². The predicted octanol–water partition coefficient (Wildman–Crippen LogP) is 4.66. The number of halogens is 3. The maximum absolute atomic E-state index is 14.3. The Bertz CT molecular complexity index is 1310. The van der Waals surface area contributed by atoms with E-state index in [4.69, 9.17) is 5.73 Å². The van der Waals surface area contributed by atoms with E-state index in [1.165, 1.54) is 22.7 Å². The van der Waals surface area contributed by atoms with Crippen molar-refractivity contribution >= 4 is 22.7 Å². The van der Waals surface area contributed by atoms with Crippen LogP contribution >= 0.6 is 0 Å². The Labute approximate surface area is 181 Å². The number of anilines is 2. The lowest BCUT2D eigenvalue weighted by molar-refractivity contribution is 0.286. The molecule has 3 aromatic heterocycles. The number of imidazole rings is 1. The van der Waals surface area contributed by atoms with Gasteiger partial charge in [-0.25, -0.2) is 18.2 Å². The van der Waals surface area contributed by atoms with E-state index in [-0.39, 0.29) is 11.3 Å². The fourth-order valence-electron chi connectivity index (χ4n) is 3.87. The number of aromatic nitrogens is 4. The number of benzene rings is 1. The van der Waals surface area contributed by atoms with Crippen molar-refractivity contribution in [3.63, 3.8) is 0 Å². The molecule has 0 aliphatic heterocycles. The van der Waals surface area contributed by atoms with Crippen LogP contribution in [-0.4, -0.2) is 31.8 Å². The van der Waals surface area contributed by atoms with Crippen LogP contribution in [0, 0.1) is 11.6 Å². The van der Waals surface area contributed by atoms with Crippen LogP contribution in [0.25, 0.3) is 22.3 Å². The highest BCUT2D eigenvalue weighted by molar-refractivity contribution is 5.79. The molecule has 4 aromatic rings. The molecule has 5 rings (SSSR count). The van der Waals surface area contributed by atoms with Gasteiger partial charge in [0.1, 0.15) is 17.8 Å². The number of nitrogens with two attached hydrogens (primary N) is 1. The molecule has 0 spiro atoms. The summed E-state index contributed by atoms with van der Waals surface area (Å²) in [5.74, 6) is -1.06. The summed E-state index contributed by atoms with van der Waals surface area (Å²) in [4.78, 5) is 8.52. The predicted molar refractivity (Wildman–Crippen MR) is 116 cm³/mol. The quantitative estimate of drug-likeness (QED) is 0.487. The van der Waals surface area contributed by atoms with E-state index < -0.39 is 23.8 Å². The normalized spacial score (nSPS) is 18.6. The first-order chi connectivity index (χ1) is 15.5. The molecule has 0 saturated carbocycles. The van der Waals surface area contributed by atoms with Gasteiger partial charge < -0.3 is 11.1 Å². The van der Waals surface area contributed by atoms with Crippen molar-refractivity contribution in [2.24, 2.45) is 5.73 Å². The van der Waals surface area contributed by atoms with E-state index >= 15 is 0 Å². The molecule has 0 amide bonds. The number of nitrogens with one attached hydrogen (secondary N) is 1. The van der Waals surface area contributed by atoms with Gasteiger partial charge in [-0.3, -0.25) is 4.98 Å². The molecule has 0 radical (unpaired) electrons. The minimum absolute atomic E-state index is 0.135. The molecule has 3 N–H and O–H groups in total.